The van der Waals surface area contributed by atoms with E-state index in [0.29, 0.717) is 19.3 Å². The number of carbonyl (C=O) groups is 3. The third-order valence-corrected chi connectivity index (χ3v) is 18.0. The molecule has 5 atom stereocenters. The molecule has 0 aliphatic heterocycles. The number of phosphoric ester groups is 2. The molecular weight excluding hydrogens is 1240 g/mol. The van der Waals surface area contributed by atoms with Crippen molar-refractivity contribution >= 4 is 33.6 Å². The highest BCUT2D eigenvalue weighted by Crippen LogP contribution is 2.45. The molecule has 0 amide bonds. The number of phosphoric acid groups is 2. The number of carbonyl (C=O) groups excluding carboxylic acids is 3. The van der Waals surface area contributed by atoms with Crippen LogP contribution in [0.5, 0.6) is 0 Å². The molecule has 0 aliphatic carbocycles. The van der Waals surface area contributed by atoms with E-state index in [1.807, 2.05) is 0 Å². The van der Waals surface area contributed by atoms with Gasteiger partial charge in [-0.25, -0.2) is 9.13 Å². The summed E-state index contributed by atoms with van der Waals surface area (Å²) in [4.78, 5) is 58.4. The van der Waals surface area contributed by atoms with Crippen molar-refractivity contribution in [3.05, 3.63) is 85.1 Å². The number of ether oxygens (including phenoxy) is 3. The number of rotatable bonds is 72. The van der Waals surface area contributed by atoms with Crippen molar-refractivity contribution in [3.8, 4) is 0 Å². The second kappa shape index (κ2) is 70.6. The molecule has 552 valence electrons. The van der Waals surface area contributed by atoms with Crippen LogP contribution in [-0.4, -0.2) is 95.9 Å². The number of hydrogen-bond donors (Lipinski definition) is 4. The molecule has 0 aromatic rings. The summed E-state index contributed by atoms with van der Waals surface area (Å²) in [7, 11) is -9.77. The average Bonchev–Trinajstić information content (AvgIpc) is 1.75. The zero-order chi connectivity index (χ0) is 69.5. The summed E-state index contributed by atoms with van der Waals surface area (Å²) < 4.78 is 61.0. The first-order valence-electron chi connectivity index (χ1n) is 37.9. The van der Waals surface area contributed by atoms with E-state index in [9.17, 15) is 43.5 Å². The molecule has 0 aromatic carbocycles. The van der Waals surface area contributed by atoms with Gasteiger partial charge in [0.15, 0.2) is 6.10 Å². The highest BCUT2D eigenvalue weighted by Gasteiger charge is 2.29. The van der Waals surface area contributed by atoms with Crippen LogP contribution < -0.4 is 0 Å². The van der Waals surface area contributed by atoms with Gasteiger partial charge in [-0.1, -0.05) is 305 Å². The number of unbranched alkanes of at least 4 members (excludes halogenated alkanes) is 35. The van der Waals surface area contributed by atoms with Crippen molar-refractivity contribution < 1.29 is 75.8 Å². The molecule has 0 bridgehead atoms. The summed E-state index contributed by atoms with van der Waals surface area (Å²) >= 11 is 0. The third kappa shape index (κ3) is 71.8. The molecule has 0 aromatic heterocycles. The fourth-order valence-electron chi connectivity index (χ4n) is 10.3. The first-order chi connectivity index (χ1) is 46.2. The number of aliphatic hydroxyl groups excluding tert-OH is 2. The number of esters is 3. The quantitative estimate of drug-likeness (QED) is 0.0146. The van der Waals surface area contributed by atoms with Gasteiger partial charge in [0, 0.05) is 19.3 Å². The second-order valence-corrected chi connectivity index (χ2v) is 28.3. The Kier molecular flexibility index (Phi) is 68.2. The van der Waals surface area contributed by atoms with Crippen LogP contribution in [-0.2, 0) is 55.8 Å². The van der Waals surface area contributed by atoms with E-state index < -0.39 is 91.5 Å². The lowest BCUT2D eigenvalue weighted by molar-refractivity contribution is -0.161. The van der Waals surface area contributed by atoms with E-state index in [2.05, 4.69) is 106 Å². The average molecular weight is 1380 g/mol. The van der Waals surface area contributed by atoms with Crippen molar-refractivity contribution in [2.45, 2.75) is 347 Å². The molecular formula is C77H138O16P2. The van der Waals surface area contributed by atoms with Crippen LogP contribution in [0.1, 0.15) is 329 Å². The number of aliphatic hydroxyl groups is 2. The van der Waals surface area contributed by atoms with Gasteiger partial charge < -0.3 is 34.2 Å². The van der Waals surface area contributed by atoms with Crippen molar-refractivity contribution in [2.75, 3.05) is 39.6 Å². The monoisotopic (exact) mass is 1380 g/mol. The van der Waals surface area contributed by atoms with Crippen LogP contribution in [0, 0.1) is 0 Å². The Balaban J connectivity index is 4.38. The maximum Gasteiger partial charge on any atom is 0.472 e. The van der Waals surface area contributed by atoms with Crippen molar-refractivity contribution in [1.82, 2.24) is 0 Å². The summed E-state index contributed by atoms with van der Waals surface area (Å²) in [5.74, 6) is -1.58. The van der Waals surface area contributed by atoms with Crippen LogP contribution in [0.4, 0.5) is 0 Å². The number of hydrogen-bond acceptors (Lipinski definition) is 14. The minimum Gasteiger partial charge on any atom is -0.463 e. The molecule has 0 saturated carbocycles. The standard InChI is InChI=1S/C77H138O16P2/c1-4-7-10-13-16-19-22-25-27-28-29-30-31-32-33-34-35-36-37-38-39-40-41-42-44-47-48-51-54-57-60-63-75(80)87-66-72(78)67-89-94(83,84)90-68-73(79)69-91-95(85,86)92-71-74(93-77(82)65-62-59-56-53-50-45-24-21-18-15-12-9-6-3)70-88-76(81)64-61-58-55-52-49-46-43-26-23-20-17-14-11-8-5-2/h7,10,12,15-16,19,21,24-25,27,29-30,32-33,72-74,78-79H,4-6,8-9,11,13-14,17-18,20,22-23,26,28,31,34-71H2,1-3H3,(H,83,84)(H,85,86)/b10-7-,15-12-,19-16-,24-21-,27-25-,30-29-,33-32-. The first-order valence-corrected chi connectivity index (χ1v) is 40.9. The van der Waals surface area contributed by atoms with Gasteiger partial charge in [0.05, 0.1) is 26.4 Å². The summed E-state index contributed by atoms with van der Waals surface area (Å²) in [6, 6.07) is 0. The maximum atomic E-state index is 12.9. The van der Waals surface area contributed by atoms with E-state index in [1.165, 1.54) is 148 Å². The lowest BCUT2D eigenvalue weighted by Gasteiger charge is -2.21. The van der Waals surface area contributed by atoms with Gasteiger partial charge in [-0.2, -0.15) is 0 Å². The molecule has 0 rings (SSSR count). The fourth-order valence-corrected chi connectivity index (χ4v) is 11.9. The Hall–Kier alpha value is -3.27. The summed E-state index contributed by atoms with van der Waals surface area (Å²) in [5, 5.41) is 20.6. The molecule has 5 unspecified atom stereocenters. The number of allylic oxidation sites excluding steroid dienone is 14. The SMILES string of the molecule is CC/C=C\C/C=C\C/C=C\C/C=C\C/C=C\CCCCCCCCCCCCCCCCCC(=O)OCC(O)COP(=O)(O)OCC(O)COP(=O)(O)OCC(COC(=O)CCCCCCCCCCCCCCCCC)OC(=O)CCCCCCC/C=C\C/C=C\CCC. The maximum absolute atomic E-state index is 12.9. The second-order valence-electron chi connectivity index (χ2n) is 25.4. The normalized spacial score (nSPS) is 14.6. The zero-order valence-corrected chi connectivity index (χ0v) is 61.9. The minimum absolute atomic E-state index is 0.0922. The highest BCUT2D eigenvalue weighted by molar-refractivity contribution is 7.47. The van der Waals surface area contributed by atoms with Gasteiger partial charge in [-0.05, 0) is 89.9 Å². The molecule has 0 saturated heterocycles. The van der Waals surface area contributed by atoms with Crippen molar-refractivity contribution in [2.24, 2.45) is 0 Å². The Morgan fingerprint density at radius 1 is 0.305 bits per heavy atom. The van der Waals surface area contributed by atoms with E-state index in [0.717, 1.165) is 122 Å². The molecule has 0 spiro atoms. The Morgan fingerprint density at radius 2 is 0.579 bits per heavy atom. The van der Waals surface area contributed by atoms with E-state index in [-0.39, 0.29) is 19.3 Å². The predicted octanol–water partition coefficient (Wildman–Crippen LogP) is 21.7. The predicted molar refractivity (Wildman–Crippen MR) is 390 cm³/mol. The summed E-state index contributed by atoms with van der Waals surface area (Å²) in [6.07, 6.45) is 77.9. The van der Waals surface area contributed by atoms with Crippen LogP contribution in [0.3, 0.4) is 0 Å². The van der Waals surface area contributed by atoms with Gasteiger partial charge in [0.2, 0.25) is 0 Å². The first kappa shape index (κ1) is 91.7. The van der Waals surface area contributed by atoms with Gasteiger partial charge >= 0.3 is 33.6 Å². The Bertz CT molecular complexity index is 2070. The van der Waals surface area contributed by atoms with Gasteiger partial charge in [0.1, 0.15) is 25.4 Å². The lowest BCUT2D eigenvalue weighted by Crippen LogP contribution is -2.30. The molecule has 4 N–H and O–H groups in total. The largest absolute Gasteiger partial charge is 0.472 e. The molecule has 18 heteroatoms. The van der Waals surface area contributed by atoms with Crippen molar-refractivity contribution in [1.29, 1.82) is 0 Å². The summed E-state index contributed by atoms with van der Waals surface area (Å²) in [6.45, 7) is 2.52. The van der Waals surface area contributed by atoms with Crippen LogP contribution >= 0.6 is 15.6 Å². The van der Waals surface area contributed by atoms with Crippen LogP contribution in [0.2, 0.25) is 0 Å². The Morgan fingerprint density at radius 3 is 0.926 bits per heavy atom. The van der Waals surface area contributed by atoms with Crippen LogP contribution in [0.15, 0.2) is 85.1 Å². The molecule has 0 aliphatic rings. The van der Waals surface area contributed by atoms with Crippen molar-refractivity contribution in [3.63, 3.8) is 0 Å². The Labute approximate surface area is 578 Å². The topological polar surface area (TPSA) is 231 Å². The van der Waals surface area contributed by atoms with E-state index >= 15 is 0 Å². The molecule has 0 fully saturated rings. The van der Waals surface area contributed by atoms with E-state index in [1.54, 1.807) is 0 Å². The van der Waals surface area contributed by atoms with Gasteiger partial charge in [-0.3, -0.25) is 32.5 Å². The molecule has 0 radical (unpaired) electrons. The van der Waals surface area contributed by atoms with Crippen LogP contribution in [0.25, 0.3) is 0 Å². The molecule has 95 heavy (non-hydrogen) atoms. The lowest BCUT2D eigenvalue weighted by atomic mass is 10.0. The smallest absolute Gasteiger partial charge is 0.463 e. The van der Waals surface area contributed by atoms with Gasteiger partial charge in [0.25, 0.3) is 0 Å². The van der Waals surface area contributed by atoms with E-state index in [4.69, 9.17) is 32.3 Å². The molecule has 16 nitrogen and oxygen atoms in total. The van der Waals surface area contributed by atoms with Gasteiger partial charge in [-0.15, -0.1) is 0 Å². The highest BCUT2D eigenvalue weighted by atomic mass is 31.2. The zero-order valence-electron chi connectivity index (χ0n) is 60.1. The summed E-state index contributed by atoms with van der Waals surface area (Å²) in [5.41, 5.74) is 0. The third-order valence-electron chi connectivity index (χ3n) is 16.1. The minimum atomic E-state index is -4.92. The fraction of sp³-hybridized carbons (Fsp3) is 0.779. The molecule has 0 heterocycles.